The normalized spacial score (nSPS) is 15.0. The molecule has 1 fully saturated rings. The molecule has 0 bridgehead atoms. The number of piperazine rings is 1. The Hall–Kier alpha value is -2.69. The van der Waals surface area contributed by atoms with Crippen LogP contribution in [0.15, 0.2) is 60.7 Å². The lowest BCUT2D eigenvalue weighted by atomic mass is 9.94. The van der Waals surface area contributed by atoms with Crippen LogP contribution in [0.1, 0.15) is 22.3 Å². The van der Waals surface area contributed by atoms with Gasteiger partial charge in [-0.3, -0.25) is 9.69 Å². The van der Waals surface area contributed by atoms with Crippen LogP contribution < -0.4 is 0 Å². The van der Waals surface area contributed by atoms with Crippen LogP contribution in [0.3, 0.4) is 0 Å². The minimum Gasteiger partial charge on any atom is -0.396 e. The summed E-state index contributed by atoms with van der Waals surface area (Å²) in [5.41, 5.74) is 4.34. The highest BCUT2D eigenvalue weighted by Crippen LogP contribution is 2.31. The van der Waals surface area contributed by atoms with Crippen LogP contribution >= 0.6 is 0 Å². The van der Waals surface area contributed by atoms with Crippen molar-refractivity contribution in [1.82, 2.24) is 9.80 Å². The average Bonchev–Trinajstić information content (AvgIpc) is 2.77. The Kier molecular flexibility index (Phi) is 5.93. The maximum Gasteiger partial charge on any atom is 0.254 e. The molecule has 0 aliphatic carbocycles. The predicted molar refractivity (Wildman–Crippen MR) is 118 cm³/mol. The number of hydrogen-bond donors (Lipinski definition) is 1. The molecule has 1 heterocycles. The van der Waals surface area contributed by atoms with Gasteiger partial charge >= 0.3 is 0 Å². The largest absolute Gasteiger partial charge is 0.396 e. The molecule has 0 aromatic heterocycles. The molecular weight excluding hydrogens is 360 g/mol. The zero-order valence-electron chi connectivity index (χ0n) is 17.0. The first-order valence-corrected chi connectivity index (χ1v) is 10.4. The summed E-state index contributed by atoms with van der Waals surface area (Å²) in [6.07, 6.45) is 0.791. The van der Waals surface area contributed by atoms with E-state index in [1.54, 1.807) is 0 Å². The summed E-state index contributed by atoms with van der Waals surface area (Å²) in [4.78, 5) is 17.6. The Labute approximate surface area is 172 Å². The predicted octanol–water partition coefficient (Wildman–Crippen LogP) is 3.96. The van der Waals surface area contributed by atoms with Crippen LogP contribution in [0.4, 0.5) is 0 Å². The molecule has 150 valence electrons. The van der Waals surface area contributed by atoms with Gasteiger partial charge in [-0.2, -0.15) is 0 Å². The number of benzene rings is 3. The maximum atomic E-state index is 13.3. The molecule has 3 aromatic rings. The summed E-state index contributed by atoms with van der Waals surface area (Å²) in [6.45, 7) is 6.41. The second-order valence-electron chi connectivity index (χ2n) is 7.78. The lowest BCUT2D eigenvalue weighted by Gasteiger charge is -2.34. The number of rotatable bonds is 5. The highest BCUT2D eigenvalue weighted by Gasteiger charge is 2.23. The Morgan fingerprint density at radius 3 is 2.31 bits per heavy atom. The van der Waals surface area contributed by atoms with E-state index in [4.69, 9.17) is 5.11 Å². The van der Waals surface area contributed by atoms with Crippen molar-refractivity contribution in [3.8, 4) is 11.1 Å². The summed E-state index contributed by atoms with van der Waals surface area (Å²) in [7, 11) is 0. The average molecular weight is 389 g/mol. The van der Waals surface area contributed by atoms with E-state index in [0.29, 0.717) is 0 Å². The first-order chi connectivity index (χ1) is 14.2. The lowest BCUT2D eigenvalue weighted by molar-refractivity contribution is 0.0631. The van der Waals surface area contributed by atoms with Crippen molar-refractivity contribution in [3.63, 3.8) is 0 Å². The third kappa shape index (κ3) is 4.19. The van der Waals surface area contributed by atoms with E-state index >= 15 is 0 Å². The highest BCUT2D eigenvalue weighted by atomic mass is 16.3. The van der Waals surface area contributed by atoms with Gasteiger partial charge in [0.1, 0.15) is 0 Å². The fraction of sp³-hybridized carbons (Fsp3) is 0.320. The van der Waals surface area contributed by atoms with Gasteiger partial charge in [0.15, 0.2) is 0 Å². The smallest absolute Gasteiger partial charge is 0.254 e. The number of amides is 1. The van der Waals surface area contributed by atoms with Gasteiger partial charge in [0, 0.05) is 44.9 Å². The van der Waals surface area contributed by atoms with Crippen molar-refractivity contribution < 1.29 is 9.90 Å². The quantitative estimate of drug-likeness (QED) is 0.720. The van der Waals surface area contributed by atoms with Gasteiger partial charge in [-0.1, -0.05) is 60.2 Å². The van der Waals surface area contributed by atoms with Gasteiger partial charge in [0.2, 0.25) is 0 Å². The Morgan fingerprint density at radius 1 is 0.897 bits per heavy atom. The molecule has 1 saturated heterocycles. The van der Waals surface area contributed by atoms with Crippen molar-refractivity contribution in [2.75, 3.05) is 39.3 Å². The van der Waals surface area contributed by atoms with Crippen LogP contribution in [0.5, 0.6) is 0 Å². The summed E-state index contributed by atoms with van der Waals surface area (Å²) in [5, 5.41) is 11.1. The topological polar surface area (TPSA) is 43.8 Å². The second kappa shape index (κ2) is 8.76. The SMILES string of the molecule is Cc1ccc(-c2cccc3c(C(=O)N4CCN(CCCO)CC4)cccc23)cc1. The minimum atomic E-state index is 0.110. The van der Waals surface area contributed by atoms with Crippen molar-refractivity contribution in [2.45, 2.75) is 13.3 Å². The van der Waals surface area contributed by atoms with Crippen molar-refractivity contribution in [2.24, 2.45) is 0 Å². The van der Waals surface area contributed by atoms with Gasteiger partial charge in [0.25, 0.3) is 5.91 Å². The van der Waals surface area contributed by atoms with E-state index in [1.165, 1.54) is 11.1 Å². The first kappa shape index (κ1) is 19.6. The Bertz CT molecular complexity index is 989. The molecule has 1 aliphatic rings. The molecule has 1 N–H and O–H groups in total. The van der Waals surface area contributed by atoms with Crippen molar-refractivity contribution in [1.29, 1.82) is 0 Å². The Balaban J connectivity index is 1.61. The van der Waals surface area contributed by atoms with Crippen LogP contribution in [0.25, 0.3) is 21.9 Å². The van der Waals surface area contributed by atoms with Gasteiger partial charge in [-0.05, 0) is 41.3 Å². The molecule has 4 nitrogen and oxygen atoms in total. The van der Waals surface area contributed by atoms with Crippen LogP contribution in [-0.2, 0) is 0 Å². The molecule has 1 amide bonds. The summed E-state index contributed by atoms with van der Waals surface area (Å²) >= 11 is 0. The molecule has 0 radical (unpaired) electrons. The molecule has 0 atom stereocenters. The molecule has 0 unspecified atom stereocenters. The number of carbonyl (C=O) groups excluding carboxylic acids is 1. The molecule has 0 saturated carbocycles. The first-order valence-electron chi connectivity index (χ1n) is 10.4. The molecular formula is C25H28N2O2. The Morgan fingerprint density at radius 2 is 1.59 bits per heavy atom. The molecule has 4 rings (SSSR count). The van der Waals surface area contributed by atoms with Crippen LogP contribution in [0.2, 0.25) is 0 Å². The van der Waals surface area contributed by atoms with E-state index in [2.05, 4.69) is 54.3 Å². The highest BCUT2D eigenvalue weighted by molar-refractivity contribution is 6.10. The second-order valence-corrected chi connectivity index (χ2v) is 7.78. The fourth-order valence-electron chi connectivity index (χ4n) is 4.12. The maximum absolute atomic E-state index is 13.3. The van der Waals surface area contributed by atoms with Gasteiger partial charge in [-0.15, -0.1) is 0 Å². The van der Waals surface area contributed by atoms with Gasteiger partial charge in [0.05, 0.1) is 0 Å². The molecule has 29 heavy (non-hydrogen) atoms. The third-order valence-corrected chi connectivity index (χ3v) is 5.81. The minimum absolute atomic E-state index is 0.110. The van der Waals surface area contributed by atoms with E-state index in [0.717, 1.165) is 61.0 Å². The molecule has 3 aromatic carbocycles. The molecule has 4 heteroatoms. The van der Waals surface area contributed by atoms with E-state index in [-0.39, 0.29) is 12.5 Å². The summed E-state index contributed by atoms with van der Waals surface area (Å²) in [6, 6.07) is 20.8. The number of hydrogen-bond acceptors (Lipinski definition) is 3. The van der Waals surface area contributed by atoms with Crippen molar-refractivity contribution in [3.05, 3.63) is 71.8 Å². The standard InChI is InChI=1S/C25H28N2O2/c1-19-9-11-20(12-10-19)21-5-2-7-23-22(21)6-3-8-24(23)25(29)27-16-14-26(15-17-27)13-4-18-28/h2-3,5-12,28H,4,13-18H2,1H3. The van der Waals surface area contributed by atoms with Crippen LogP contribution in [-0.4, -0.2) is 60.1 Å². The number of fused-ring (bicyclic) bond motifs is 1. The molecule has 0 spiro atoms. The number of aliphatic hydroxyl groups is 1. The van der Waals surface area contributed by atoms with Gasteiger partial charge in [-0.25, -0.2) is 0 Å². The lowest BCUT2D eigenvalue weighted by Crippen LogP contribution is -2.49. The molecule has 1 aliphatic heterocycles. The zero-order chi connectivity index (χ0) is 20.2. The summed E-state index contributed by atoms with van der Waals surface area (Å²) in [5.74, 6) is 0.110. The van der Waals surface area contributed by atoms with E-state index in [9.17, 15) is 4.79 Å². The van der Waals surface area contributed by atoms with E-state index < -0.39 is 0 Å². The van der Waals surface area contributed by atoms with E-state index in [1.807, 2.05) is 23.1 Å². The number of aryl methyl sites for hydroxylation is 1. The third-order valence-electron chi connectivity index (χ3n) is 5.81. The number of nitrogens with zero attached hydrogens (tertiary/aromatic N) is 2. The monoisotopic (exact) mass is 388 g/mol. The van der Waals surface area contributed by atoms with Crippen LogP contribution in [0, 0.1) is 6.92 Å². The number of aliphatic hydroxyl groups excluding tert-OH is 1. The van der Waals surface area contributed by atoms with Gasteiger partial charge < -0.3 is 10.0 Å². The fourth-order valence-corrected chi connectivity index (χ4v) is 4.12. The summed E-state index contributed by atoms with van der Waals surface area (Å²) < 4.78 is 0. The van der Waals surface area contributed by atoms with Crippen molar-refractivity contribution >= 4 is 16.7 Å². The zero-order valence-corrected chi connectivity index (χ0v) is 17.0. The number of carbonyl (C=O) groups is 1.